The van der Waals surface area contributed by atoms with Crippen LogP contribution in [0.2, 0.25) is 0 Å². The zero-order valence-corrected chi connectivity index (χ0v) is 15.9. The molecule has 0 amide bonds. The normalized spacial score (nSPS) is 16.5. The minimum atomic E-state index is -3.47. The van der Waals surface area contributed by atoms with Crippen molar-refractivity contribution >= 4 is 43.1 Å². The lowest BCUT2D eigenvalue weighted by molar-refractivity contribution is 0.424. The molecule has 0 radical (unpaired) electrons. The zero-order valence-electron chi connectivity index (χ0n) is 14.3. The molecule has 2 aromatic heterocycles. The van der Waals surface area contributed by atoms with E-state index in [4.69, 9.17) is 0 Å². The van der Waals surface area contributed by atoms with Crippen molar-refractivity contribution in [2.75, 3.05) is 18.4 Å². The fourth-order valence-electron chi connectivity index (χ4n) is 3.19. The molecule has 3 heterocycles. The van der Waals surface area contributed by atoms with E-state index in [2.05, 4.69) is 15.3 Å². The standard InChI is InChI=1S/C18H20N4O2S2/c23-26(24,22-9-3-1-2-4-10-22)15-7-5-6-14(12-15)21-17-16-8-11-25-18(16)20-13-19-17/h5-8,11-13H,1-4,9-10H2,(H,19,20,21). The van der Waals surface area contributed by atoms with E-state index < -0.39 is 10.0 Å². The van der Waals surface area contributed by atoms with Gasteiger partial charge in [-0.25, -0.2) is 18.4 Å². The van der Waals surface area contributed by atoms with Gasteiger partial charge in [0.05, 0.1) is 10.3 Å². The van der Waals surface area contributed by atoms with Gasteiger partial charge in [0.1, 0.15) is 17.0 Å². The number of hydrogen-bond acceptors (Lipinski definition) is 6. The van der Waals surface area contributed by atoms with Crippen LogP contribution >= 0.6 is 11.3 Å². The first-order valence-corrected chi connectivity index (χ1v) is 11.0. The Morgan fingerprint density at radius 2 is 1.85 bits per heavy atom. The third-order valence-electron chi connectivity index (χ3n) is 4.56. The second-order valence-electron chi connectivity index (χ2n) is 6.33. The number of sulfonamides is 1. The molecule has 0 spiro atoms. The van der Waals surface area contributed by atoms with Gasteiger partial charge in [-0.2, -0.15) is 4.31 Å². The van der Waals surface area contributed by atoms with E-state index in [1.807, 2.05) is 17.5 Å². The highest BCUT2D eigenvalue weighted by Gasteiger charge is 2.25. The number of anilines is 2. The number of benzene rings is 1. The van der Waals surface area contributed by atoms with E-state index in [9.17, 15) is 8.42 Å². The number of thiophene rings is 1. The molecule has 1 fully saturated rings. The highest BCUT2D eigenvalue weighted by atomic mass is 32.2. The van der Waals surface area contributed by atoms with Gasteiger partial charge in [0.15, 0.2) is 0 Å². The van der Waals surface area contributed by atoms with Crippen molar-refractivity contribution in [3.05, 3.63) is 42.0 Å². The molecule has 1 N–H and O–H groups in total. The predicted octanol–water partition coefficient (Wildman–Crippen LogP) is 4.00. The molecule has 0 bridgehead atoms. The summed E-state index contributed by atoms with van der Waals surface area (Å²) in [6, 6.07) is 8.91. The van der Waals surface area contributed by atoms with Crippen molar-refractivity contribution in [3.8, 4) is 0 Å². The number of hydrogen-bond donors (Lipinski definition) is 1. The van der Waals surface area contributed by atoms with Crippen molar-refractivity contribution < 1.29 is 8.42 Å². The van der Waals surface area contributed by atoms with E-state index in [-0.39, 0.29) is 0 Å². The Bertz CT molecular complexity index is 1010. The number of rotatable bonds is 4. The second kappa shape index (κ2) is 7.30. The van der Waals surface area contributed by atoms with Gasteiger partial charge in [-0.15, -0.1) is 11.3 Å². The maximum Gasteiger partial charge on any atom is 0.243 e. The van der Waals surface area contributed by atoms with Crippen LogP contribution in [0.25, 0.3) is 10.2 Å². The summed E-state index contributed by atoms with van der Waals surface area (Å²) in [5, 5.41) is 6.13. The Morgan fingerprint density at radius 1 is 1.04 bits per heavy atom. The maximum atomic E-state index is 13.0. The number of fused-ring (bicyclic) bond motifs is 1. The molecule has 1 aromatic carbocycles. The molecule has 1 aliphatic heterocycles. The van der Waals surface area contributed by atoms with Gasteiger partial charge in [0, 0.05) is 18.8 Å². The minimum Gasteiger partial charge on any atom is -0.340 e. The van der Waals surface area contributed by atoms with Crippen molar-refractivity contribution in [1.29, 1.82) is 0 Å². The van der Waals surface area contributed by atoms with Gasteiger partial charge in [-0.05, 0) is 42.5 Å². The summed E-state index contributed by atoms with van der Waals surface area (Å²) >= 11 is 1.55. The molecule has 0 atom stereocenters. The Kier molecular flexibility index (Phi) is 4.88. The van der Waals surface area contributed by atoms with Crippen LogP contribution in [0.1, 0.15) is 25.7 Å². The summed E-state index contributed by atoms with van der Waals surface area (Å²) in [6.45, 7) is 1.20. The smallest absolute Gasteiger partial charge is 0.243 e. The summed E-state index contributed by atoms with van der Waals surface area (Å²) in [6.07, 6.45) is 5.55. The first-order valence-electron chi connectivity index (χ1n) is 8.70. The average molecular weight is 389 g/mol. The predicted molar refractivity (Wildman–Crippen MR) is 104 cm³/mol. The lowest BCUT2D eigenvalue weighted by atomic mass is 10.2. The minimum absolute atomic E-state index is 0.319. The third-order valence-corrected chi connectivity index (χ3v) is 7.28. The van der Waals surface area contributed by atoms with Crippen molar-refractivity contribution in [1.82, 2.24) is 14.3 Å². The highest BCUT2D eigenvalue weighted by molar-refractivity contribution is 7.89. The molecule has 0 aliphatic carbocycles. The fraction of sp³-hybridized carbons (Fsp3) is 0.333. The van der Waals surface area contributed by atoms with Gasteiger partial charge in [-0.3, -0.25) is 0 Å². The highest BCUT2D eigenvalue weighted by Crippen LogP contribution is 2.28. The number of nitrogens with one attached hydrogen (secondary N) is 1. The van der Waals surface area contributed by atoms with Crippen LogP contribution in [0.5, 0.6) is 0 Å². The Balaban J connectivity index is 1.63. The molecule has 8 heteroatoms. The van der Waals surface area contributed by atoms with Crippen LogP contribution < -0.4 is 5.32 Å². The summed E-state index contributed by atoms with van der Waals surface area (Å²) < 4.78 is 27.6. The lowest BCUT2D eigenvalue weighted by Gasteiger charge is -2.20. The average Bonchev–Trinajstić information content (AvgIpc) is 2.96. The summed E-state index contributed by atoms with van der Waals surface area (Å²) in [4.78, 5) is 9.75. The SMILES string of the molecule is O=S(=O)(c1cccc(Nc2ncnc3sccc23)c1)N1CCCCCC1. The van der Waals surface area contributed by atoms with Crippen LogP contribution in [0.15, 0.2) is 46.9 Å². The number of aromatic nitrogens is 2. The van der Waals surface area contributed by atoms with Crippen molar-refractivity contribution in [2.45, 2.75) is 30.6 Å². The van der Waals surface area contributed by atoms with Gasteiger partial charge in [0.2, 0.25) is 10.0 Å². The molecule has 26 heavy (non-hydrogen) atoms. The summed E-state index contributed by atoms with van der Waals surface area (Å²) in [5.74, 6) is 0.681. The second-order valence-corrected chi connectivity index (χ2v) is 9.17. The van der Waals surface area contributed by atoms with E-state index in [0.29, 0.717) is 29.5 Å². The Morgan fingerprint density at radius 3 is 2.65 bits per heavy atom. The van der Waals surface area contributed by atoms with Crippen LogP contribution in [0.3, 0.4) is 0 Å². The maximum absolute atomic E-state index is 13.0. The first-order chi connectivity index (χ1) is 12.6. The van der Waals surface area contributed by atoms with Crippen LogP contribution in [-0.4, -0.2) is 35.8 Å². The molecule has 1 saturated heterocycles. The fourth-order valence-corrected chi connectivity index (χ4v) is 5.49. The zero-order chi connectivity index (χ0) is 18.0. The van der Waals surface area contributed by atoms with E-state index in [1.54, 1.807) is 33.8 Å². The first kappa shape index (κ1) is 17.4. The van der Waals surface area contributed by atoms with Crippen LogP contribution in [-0.2, 0) is 10.0 Å². The van der Waals surface area contributed by atoms with Crippen LogP contribution in [0.4, 0.5) is 11.5 Å². The van der Waals surface area contributed by atoms with Gasteiger partial charge >= 0.3 is 0 Å². The van der Waals surface area contributed by atoms with E-state index in [0.717, 1.165) is 35.9 Å². The van der Waals surface area contributed by atoms with Gasteiger partial charge in [-0.1, -0.05) is 18.9 Å². The van der Waals surface area contributed by atoms with Crippen molar-refractivity contribution in [2.24, 2.45) is 0 Å². The Labute approximate surface area is 157 Å². The summed E-state index contributed by atoms with van der Waals surface area (Å²) in [5.41, 5.74) is 0.701. The van der Waals surface area contributed by atoms with Gasteiger partial charge < -0.3 is 5.32 Å². The molecule has 0 saturated carbocycles. The molecule has 1 aliphatic rings. The van der Waals surface area contributed by atoms with Crippen LogP contribution in [0, 0.1) is 0 Å². The lowest BCUT2D eigenvalue weighted by Crippen LogP contribution is -2.31. The third kappa shape index (κ3) is 3.44. The molecule has 0 unspecified atom stereocenters. The topological polar surface area (TPSA) is 75.2 Å². The molecule has 4 rings (SSSR count). The van der Waals surface area contributed by atoms with Gasteiger partial charge in [0.25, 0.3) is 0 Å². The monoisotopic (exact) mass is 388 g/mol. The summed E-state index contributed by atoms with van der Waals surface area (Å²) in [7, 11) is -3.47. The molecule has 3 aromatic rings. The Hall–Kier alpha value is -2.03. The molecular weight excluding hydrogens is 368 g/mol. The number of nitrogens with zero attached hydrogens (tertiary/aromatic N) is 3. The van der Waals surface area contributed by atoms with Crippen molar-refractivity contribution in [3.63, 3.8) is 0 Å². The van der Waals surface area contributed by atoms with E-state index in [1.165, 1.54) is 6.33 Å². The quantitative estimate of drug-likeness (QED) is 0.731. The molecule has 6 nitrogen and oxygen atoms in total. The largest absolute Gasteiger partial charge is 0.340 e. The van der Waals surface area contributed by atoms with E-state index >= 15 is 0 Å². The molecule has 136 valence electrons. The molecular formula is C18H20N4O2S2.